The Morgan fingerprint density at radius 2 is 2.21 bits per heavy atom. The highest BCUT2D eigenvalue weighted by Crippen LogP contribution is 2.30. The third-order valence-electron chi connectivity index (χ3n) is 3.73. The van der Waals surface area contributed by atoms with Crippen LogP contribution in [0.2, 0.25) is 0 Å². The van der Waals surface area contributed by atoms with E-state index in [0.29, 0.717) is 12.2 Å². The van der Waals surface area contributed by atoms with Gasteiger partial charge >= 0.3 is 5.97 Å². The van der Waals surface area contributed by atoms with Crippen LogP contribution < -0.4 is 0 Å². The lowest BCUT2D eigenvalue weighted by atomic mass is 9.99. The fourth-order valence-electron chi connectivity index (χ4n) is 2.71. The van der Waals surface area contributed by atoms with Crippen molar-refractivity contribution in [1.29, 1.82) is 0 Å². The lowest BCUT2D eigenvalue weighted by Gasteiger charge is -2.19. The van der Waals surface area contributed by atoms with Gasteiger partial charge in [-0.25, -0.2) is 4.98 Å². The van der Waals surface area contributed by atoms with E-state index >= 15 is 0 Å². The van der Waals surface area contributed by atoms with Gasteiger partial charge in [-0.3, -0.25) is 4.79 Å². The van der Waals surface area contributed by atoms with Crippen molar-refractivity contribution < 1.29 is 9.90 Å². The highest BCUT2D eigenvalue weighted by atomic mass is 16.4. The summed E-state index contributed by atoms with van der Waals surface area (Å²) in [5, 5.41) is 9.27. The number of carbonyl (C=O) groups is 1. The van der Waals surface area contributed by atoms with Gasteiger partial charge in [0.2, 0.25) is 0 Å². The highest BCUT2D eigenvalue weighted by molar-refractivity contribution is 5.75. The number of aliphatic carboxylic acids is 1. The van der Waals surface area contributed by atoms with Crippen molar-refractivity contribution >= 4 is 5.97 Å². The summed E-state index contributed by atoms with van der Waals surface area (Å²) in [6.07, 6.45) is 3.56. The molecule has 0 saturated carbocycles. The molecule has 3 rings (SSSR count). The molecule has 1 atom stereocenters. The van der Waals surface area contributed by atoms with E-state index in [0.717, 1.165) is 29.8 Å². The standard InChI is InChI=1S/C15H16N2O2/c1-10-5-2-3-6-11(10)13-9-17-8-4-7-12(15(18)19)14(17)16-13/h2-3,5-6,9,12H,4,7-8H2,1H3,(H,18,19). The van der Waals surface area contributed by atoms with Crippen molar-refractivity contribution in [3.63, 3.8) is 0 Å². The molecule has 1 aromatic carbocycles. The van der Waals surface area contributed by atoms with Gasteiger partial charge in [0.15, 0.2) is 0 Å². The second-order valence-corrected chi connectivity index (χ2v) is 5.03. The summed E-state index contributed by atoms with van der Waals surface area (Å²) in [5.74, 6) is -0.550. The number of hydrogen-bond acceptors (Lipinski definition) is 2. The highest BCUT2D eigenvalue weighted by Gasteiger charge is 2.29. The number of carboxylic acids is 1. The van der Waals surface area contributed by atoms with Crippen LogP contribution in [-0.2, 0) is 11.3 Å². The number of fused-ring (bicyclic) bond motifs is 1. The van der Waals surface area contributed by atoms with E-state index < -0.39 is 11.9 Å². The lowest BCUT2D eigenvalue weighted by Crippen LogP contribution is -2.21. The molecule has 0 saturated heterocycles. The molecule has 1 aliphatic rings. The van der Waals surface area contributed by atoms with Crippen molar-refractivity contribution in [2.24, 2.45) is 0 Å². The summed E-state index contributed by atoms with van der Waals surface area (Å²) in [4.78, 5) is 15.8. The van der Waals surface area contributed by atoms with E-state index in [1.165, 1.54) is 0 Å². The zero-order chi connectivity index (χ0) is 13.4. The second-order valence-electron chi connectivity index (χ2n) is 5.03. The van der Waals surface area contributed by atoms with E-state index in [1.807, 2.05) is 42.0 Å². The van der Waals surface area contributed by atoms with Crippen LogP contribution in [-0.4, -0.2) is 20.6 Å². The molecular weight excluding hydrogens is 240 g/mol. The Morgan fingerprint density at radius 3 is 2.95 bits per heavy atom. The average molecular weight is 256 g/mol. The van der Waals surface area contributed by atoms with E-state index in [4.69, 9.17) is 0 Å². The Bertz CT molecular complexity index is 631. The molecular formula is C15H16N2O2. The fraction of sp³-hybridized carbons (Fsp3) is 0.333. The summed E-state index contributed by atoms with van der Waals surface area (Å²) in [5.41, 5.74) is 3.11. The van der Waals surface area contributed by atoms with Gasteiger partial charge in [-0.05, 0) is 25.3 Å². The normalized spacial score (nSPS) is 18.1. The minimum Gasteiger partial charge on any atom is -0.481 e. The number of carboxylic acid groups (broad SMARTS) is 1. The van der Waals surface area contributed by atoms with Crippen molar-refractivity contribution in [2.45, 2.75) is 32.2 Å². The van der Waals surface area contributed by atoms with Gasteiger partial charge in [0, 0.05) is 18.3 Å². The minimum absolute atomic E-state index is 0.466. The van der Waals surface area contributed by atoms with Crippen LogP contribution >= 0.6 is 0 Å². The Balaban J connectivity index is 2.07. The topological polar surface area (TPSA) is 55.1 Å². The maximum Gasteiger partial charge on any atom is 0.314 e. The molecule has 0 bridgehead atoms. The SMILES string of the molecule is Cc1ccccc1-c1cn2c(n1)C(C(=O)O)CCC2. The van der Waals surface area contributed by atoms with Crippen molar-refractivity contribution in [3.05, 3.63) is 41.9 Å². The van der Waals surface area contributed by atoms with Gasteiger partial charge in [-0.15, -0.1) is 0 Å². The summed E-state index contributed by atoms with van der Waals surface area (Å²) < 4.78 is 1.99. The van der Waals surface area contributed by atoms with Gasteiger partial charge in [0.05, 0.1) is 5.69 Å². The molecule has 0 radical (unpaired) electrons. The van der Waals surface area contributed by atoms with Crippen LogP contribution in [0.1, 0.15) is 30.1 Å². The number of imidazole rings is 1. The number of aryl methyl sites for hydroxylation is 2. The van der Waals surface area contributed by atoms with Crippen LogP contribution in [0.25, 0.3) is 11.3 Å². The largest absolute Gasteiger partial charge is 0.481 e. The van der Waals surface area contributed by atoms with Gasteiger partial charge < -0.3 is 9.67 Å². The summed E-state index contributed by atoms with van der Waals surface area (Å²) in [6.45, 7) is 2.90. The minimum atomic E-state index is -0.775. The first kappa shape index (κ1) is 12.0. The first-order chi connectivity index (χ1) is 9.16. The molecule has 1 aromatic heterocycles. The van der Waals surface area contributed by atoms with E-state index in [-0.39, 0.29) is 0 Å². The zero-order valence-corrected chi connectivity index (χ0v) is 10.8. The molecule has 0 amide bonds. The third kappa shape index (κ3) is 2.03. The average Bonchev–Trinajstić information content (AvgIpc) is 2.82. The van der Waals surface area contributed by atoms with Crippen LogP contribution in [0.3, 0.4) is 0 Å². The smallest absolute Gasteiger partial charge is 0.314 e. The Hall–Kier alpha value is -2.10. The van der Waals surface area contributed by atoms with E-state index in [2.05, 4.69) is 4.98 Å². The third-order valence-corrected chi connectivity index (χ3v) is 3.73. The number of nitrogens with zero attached hydrogens (tertiary/aromatic N) is 2. The first-order valence-corrected chi connectivity index (χ1v) is 6.52. The van der Waals surface area contributed by atoms with E-state index in [9.17, 15) is 9.90 Å². The Morgan fingerprint density at radius 1 is 1.42 bits per heavy atom. The predicted octanol–water partition coefficient (Wildman–Crippen LogP) is 2.82. The number of rotatable bonds is 2. The Kier molecular flexibility index (Phi) is 2.85. The second kappa shape index (κ2) is 4.53. The number of benzene rings is 1. The monoisotopic (exact) mass is 256 g/mol. The van der Waals surface area contributed by atoms with Crippen molar-refractivity contribution in [1.82, 2.24) is 9.55 Å². The Labute approximate surface area is 111 Å². The molecule has 98 valence electrons. The molecule has 19 heavy (non-hydrogen) atoms. The molecule has 4 heteroatoms. The summed E-state index contributed by atoms with van der Waals surface area (Å²) in [6, 6.07) is 8.05. The summed E-state index contributed by atoms with van der Waals surface area (Å²) in [7, 11) is 0. The van der Waals surface area contributed by atoms with Crippen LogP contribution in [0.5, 0.6) is 0 Å². The van der Waals surface area contributed by atoms with Gasteiger partial charge in [0.25, 0.3) is 0 Å². The molecule has 0 aliphatic carbocycles. The van der Waals surface area contributed by atoms with Crippen molar-refractivity contribution in [3.8, 4) is 11.3 Å². The molecule has 1 aliphatic heterocycles. The molecule has 1 N–H and O–H groups in total. The first-order valence-electron chi connectivity index (χ1n) is 6.52. The van der Waals surface area contributed by atoms with Gasteiger partial charge in [-0.2, -0.15) is 0 Å². The quantitative estimate of drug-likeness (QED) is 0.898. The molecule has 2 heterocycles. The van der Waals surface area contributed by atoms with Crippen LogP contribution in [0.4, 0.5) is 0 Å². The fourth-order valence-corrected chi connectivity index (χ4v) is 2.71. The molecule has 0 spiro atoms. The van der Waals surface area contributed by atoms with Crippen molar-refractivity contribution in [2.75, 3.05) is 0 Å². The van der Waals surface area contributed by atoms with Crippen LogP contribution in [0, 0.1) is 6.92 Å². The molecule has 0 fully saturated rings. The molecule has 2 aromatic rings. The van der Waals surface area contributed by atoms with Crippen LogP contribution in [0.15, 0.2) is 30.5 Å². The van der Waals surface area contributed by atoms with Gasteiger partial charge in [-0.1, -0.05) is 24.3 Å². The molecule has 4 nitrogen and oxygen atoms in total. The molecule has 1 unspecified atom stereocenters. The summed E-state index contributed by atoms with van der Waals surface area (Å²) >= 11 is 0. The zero-order valence-electron chi connectivity index (χ0n) is 10.8. The number of hydrogen-bond donors (Lipinski definition) is 1. The maximum atomic E-state index is 11.3. The predicted molar refractivity (Wildman–Crippen MR) is 72.0 cm³/mol. The van der Waals surface area contributed by atoms with Gasteiger partial charge in [0.1, 0.15) is 11.7 Å². The van der Waals surface area contributed by atoms with E-state index in [1.54, 1.807) is 0 Å². The maximum absolute atomic E-state index is 11.3. The number of aromatic nitrogens is 2. The lowest BCUT2D eigenvalue weighted by molar-refractivity contribution is -0.139.